The molecule has 3 heterocycles. The Hall–Kier alpha value is -3.76. The maximum absolute atomic E-state index is 13.4. The van der Waals surface area contributed by atoms with Crippen molar-refractivity contribution in [2.75, 3.05) is 19.1 Å². The fourth-order valence-electron chi connectivity index (χ4n) is 4.19. The van der Waals surface area contributed by atoms with Gasteiger partial charge in [0.2, 0.25) is 0 Å². The topological polar surface area (TPSA) is 102 Å². The van der Waals surface area contributed by atoms with Crippen LogP contribution < -0.4 is 14.4 Å². The van der Waals surface area contributed by atoms with Crippen molar-refractivity contribution >= 4 is 60.1 Å². The van der Waals surface area contributed by atoms with Crippen molar-refractivity contribution in [1.82, 2.24) is 9.97 Å². The number of thiazole rings is 1. The van der Waals surface area contributed by atoms with Gasteiger partial charge in [-0.25, -0.2) is 4.98 Å². The summed E-state index contributed by atoms with van der Waals surface area (Å²) in [6.07, 6.45) is 1.58. The summed E-state index contributed by atoms with van der Waals surface area (Å²) in [5, 5.41) is 11.6. The first-order chi connectivity index (χ1) is 17.3. The number of pyridine rings is 1. The number of aliphatic hydroxyl groups excluding tert-OH is 1. The molecule has 0 aliphatic carbocycles. The van der Waals surface area contributed by atoms with Crippen molar-refractivity contribution in [3.8, 4) is 11.5 Å². The van der Waals surface area contributed by atoms with Gasteiger partial charge >= 0.3 is 5.91 Å². The first-order valence-electron chi connectivity index (χ1n) is 10.8. The number of anilines is 1. The number of nitrogens with zero attached hydrogens (tertiary/aromatic N) is 3. The summed E-state index contributed by atoms with van der Waals surface area (Å²) in [6, 6.07) is 12.9. The van der Waals surface area contributed by atoms with E-state index in [-0.39, 0.29) is 11.3 Å². The van der Waals surface area contributed by atoms with E-state index in [4.69, 9.17) is 9.47 Å². The molecule has 2 aromatic heterocycles. The van der Waals surface area contributed by atoms with E-state index in [2.05, 4.69) is 25.9 Å². The van der Waals surface area contributed by atoms with Gasteiger partial charge in [0.1, 0.15) is 23.3 Å². The molecule has 10 heteroatoms. The monoisotopic (exact) mass is 565 g/mol. The van der Waals surface area contributed by atoms with Crippen LogP contribution >= 0.6 is 27.3 Å². The summed E-state index contributed by atoms with van der Waals surface area (Å²) in [6.45, 7) is 1.91. The minimum Gasteiger partial charge on any atom is -0.507 e. The number of fused-ring (bicyclic) bond motifs is 1. The number of benzene rings is 2. The summed E-state index contributed by atoms with van der Waals surface area (Å²) in [5.41, 5.74) is 2.29. The van der Waals surface area contributed by atoms with E-state index in [1.165, 1.54) is 23.3 Å². The van der Waals surface area contributed by atoms with Gasteiger partial charge in [0.15, 0.2) is 5.13 Å². The Morgan fingerprint density at radius 3 is 2.53 bits per heavy atom. The van der Waals surface area contributed by atoms with Crippen LogP contribution in [-0.4, -0.2) is 41.0 Å². The number of halogens is 1. The molecule has 2 aromatic carbocycles. The van der Waals surface area contributed by atoms with E-state index < -0.39 is 17.7 Å². The van der Waals surface area contributed by atoms with Crippen LogP contribution in [0.4, 0.5) is 5.13 Å². The molecule has 0 bridgehead atoms. The lowest BCUT2D eigenvalue weighted by Gasteiger charge is -2.22. The number of hydrogen-bond donors (Lipinski definition) is 1. The van der Waals surface area contributed by atoms with Crippen LogP contribution in [0, 0.1) is 6.92 Å². The van der Waals surface area contributed by atoms with Crippen LogP contribution in [0.2, 0.25) is 0 Å². The van der Waals surface area contributed by atoms with Gasteiger partial charge in [-0.1, -0.05) is 17.4 Å². The molecular weight excluding hydrogens is 546 g/mol. The first-order valence-corrected chi connectivity index (χ1v) is 12.5. The van der Waals surface area contributed by atoms with Crippen molar-refractivity contribution < 1.29 is 24.2 Å². The molecular formula is C26H20BrN3O5S. The van der Waals surface area contributed by atoms with E-state index in [0.29, 0.717) is 37.9 Å². The fourth-order valence-corrected chi connectivity index (χ4v) is 5.73. The molecule has 1 aliphatic rings. The van der Waals surface area contributed by atoms with Crippen LogP contribution in [0.3, 0.4) is 0 Å². The minimum absolute atomic E-state index is 0.0659. The number of ketones is 1. The van der Waals surface area contributed by atoms with E-state index >= 15 is 0 Å². The second-order valence-electron chi connectivity index (χ2n) is 8.06. The number of aliphatic hydroxyl groups is 1. The van der Waals surface area contributed by atoms with Crippen LogP contribution in [0.25, 0.3) is 16.0 Å². The Morgan fingerprint density at radius 2 is 1.86 bits per heavy atom. The van der Waals surface area contributed by atoms with E-state index in [9.17, 15) is 14.7 Å². The van der Waals surface area contributed by atoms with Crippen molar-refractivity contribution in [2.45, 2.75) is 13.0 Å². The van der Waals surface area contributed by atoms with Crippen LogP contribution in [-0.2, 0) is 9.59 Å². The molecule has 1 aliphatic heterocycles. The van der Waals surface area contributed by atoms with Gasteiger partial charge in [0.25, 0.3) is 5.78 Å². The lowest BCUT2D eigenvalue weighted by molar-refractivity contribution is -0.132. The van der Waals surface area contributed by atoms with Crippen molar-refractivity contribution in [2.24, 2.45) is 0 Å². The Morgan fingerprint density at radius 1 is 1.08 bits per heavy atom. The number of ether oxygens (including phenoxy) is 2. The Balaban J connectivity index is 1.71. The largest absolute Gasteiger partial charge is 0.507 e. The minimum atomic E-state index is -0.962. The highest BCUT2D eigenvalue weighted by molar-refractivity contribution is 9.10. The molecule has 182 valence electrons. The molecule has 0 spiro atoms. The lowest BCUT2D eigenvalue weighted by Crippen LogP contribution is -2.29. The molecule has 1 amide bonds. The SMILES string of the molecule is COc1cc2sc(N3C(=O)C(=O)/C(=C(/O)c4ccc(OC)c(Br)c4)C3c3ccccn3)nc2cc1C. The second-order valence-corrected chi connectivity index (χ2v) is 9.92. The number of aromatic nitrogens is 2. The average Bonchev–Trinajstić information content (AvgIpc) is 3.40. The second kappa shape index (κ2) is 9.36. The molecule has 8 nitrogen and oxygen atoms in total. The highest BCUT2D eigenvalue weighted by Gasteiger charge is 2.48. The predicted molar refractivity (Wildman–Crippen MR) is 141 cm³/mol. The third-order valence-corrected chi connectivity index (χ3v) is 7.57. The number of rotatable bonds is 5. The summed E-state index contributed by atoms with van der Waals surface area (Å²) in [4.78, 5) is 37.1. The van der Waals surface area contributed by atoms with Crippen LogP contribution in [0.1, 0.15) is 22.9 Å². The number of amides is 1. The zero-order valence-corrected chi connectivity index (χ0v) is 21.9. The Labute approximate surface area is 219 Å². The van der Waals surface area contributed by atoms with Gasteiger partial charge < -0.3 is 14.6 Å². The number of carbonyl (C=O) groups excluding carboxylic acids is 2. The van der Waals surface area contributed by atoms with Gasteiger partial charge in [0.05, 0.1) is 40.2 Å². The molecule has 1 N–H and O–H groups in total. The van der Waals surface area contributed by atoms with Crippen LogP contribution in [0.15, 0.2) is 64.8 Å². The molecule has 5 rings (SSSR count). The molecule has 1 atom stereocenters. The predicted octanol–water partition coefficient (Wildman–Crippen LogP) is 5.41. The maximum Gasteiger partial charge on any atom is 0.301 e. The van der Waals surface area contributed by atoms with E-state index in [1.807, 2.05) is 19.1 Å². The van der Waals surface area contributed by atoms with Gasteiger partial charge in [-0.15, -0.1) is 0 Å². The average molecular weight is 566 g/mol. The zero-order valence-electron chi connectivity index (χ0n) is 19.5. The number of methoxy groups -OCH3 is 2. The molecule has 4 aromatic rings. The molecule has 0 radical (unpaired) electrons. The van der Waals surface area contributed by atoms with Crippen LogP contribution in [0.5, 0.6) is 11.5 Å². The van der Waals surface area contributed by atoms with Crippen molar-refractivity contribution in [1.29, 1.82) is 0 Å². The van der Waals surface area contributed by atoms with Gasteiger partial charge in [-0.3, -0.25) is 19.5 Å². The highest BCUT2D eigenvalue weighted by atomic mass is 79.9. The third kappa shape index (κ3) is 3.92. The fraction of sp³-hybridized carbons (Fsp3) is 0.154. The van der Waals surface area contributed by atoms with E-state index in [1.54, 1.807) is 49.7 Å². The quantitative estimate of drug-likeness (QED) is 0.196. The highest BCUT2D eigenvalue weighted by Crippen LogP contribution is 2.44. The lowest BCUT2D eigenvalue weighted by atomic mass is 9.98. The van der Waals surface area contributed by atoms with Gasteiger partial charge in [-0.05, 0) is 70.9 Å². The third-order valence-electron chi connectivity index (χ3n) is 5.94. The maximum atomic E-state index is 13.4. The summed E-state index contributed by atoms with van der Waals surface area (Å²) in [7, 11) is 3.12. The molecule has 1 fully saturated rings. The molecule has 1 saturated heterocycles. The standard InChI is InChI=1S/C26H20BrN3O5S/c1-13-10-17-20(12-19(13)35-3)36-26(29-17)30-22(16-6-4-5-9-28-16)21(24(32)25(30)33)23(31)14-7-8-18(34-2)15(27)11-14/h4-12,22,31H,1-3H3/b23-21+. The number of hydrogen-bond acceptors (Lipinski definition) is 8. The van der Waals surface area contributed by atoms with Gasteiger partial charge in [0, 0.05) is 11.8 Å². The van der Waals surface area contributed by atoms with E-state index in [0.717, 1.165) is 10.3 Å². The van der Waals surface area contributed by atoms with Crippen molar-refractivity contribution in [3.63, 3.8) is 0 Å². The summed E-state index contributed by atoms with van der Waals surface area (Å²) >= 11 is 4.66. The zero-order chi connectivity index (χ0) is 25.6. The number of Topliss-reactive ketones (excluding diaryl/α,β-unsaturated/α-hetero) is 1. The Kier molecular flexibility index (Phi) is 6.23. The molecule has 0 saturated carbocycles. The smallest absolute Gasteiger partial charge is 0.301 e. The normalized spacial score (nSPS) is 17.1. The molecule has 36 heavy (non-hydrogen) atoms. The number of aryl methyl sites for hydroxylation is 1. The summed E-state index contributed by atoms with van der Waals surface area (Å²) in [5.74, 6) is -0.654. The Bertz CT molecular complexity index is 1550. The number of carbonyl (C=O) groups is 2. The van der Waals surface area contributed by atoms with Gasteiger partial charge in [-0.2, -0.15) is 0 Å². The first kappa shape index (κ1) is 24.0. The molecule has 1 unspecified atom stereocenters. The summed E-state index contributed by atoms with van der Waals surface area (Å²) < 4.78 is 12.1. The van der Waals surface area contributed by atoms with Crippen molar-refractivity contribution in [3.05, 3.63) is 81.6 Å².